The van der Waals surface area contributed by atoms with Crippen molar-refractivity contribution in [2.75, 3.05) is 33.9 Å². The first-order valence-electron chi connectivity index (χ1n) is 12.6. The Labute approximate surface area is 227 Å². The highest BCUT2D eigenvalue weighted by Crippen LogP contribution is 2.17. The molecular weight excluding hydrogens is 496 g/mol. The molecule has 0 aliphatic rings. The number of hydrogen-bond donors (Lipinski definition) is 0. The Morgan fingerprint density at radius 2 is 1.64 bits per heavy atom. The Hall–Kier alpha value is -4.43. The molecule has 0 unspecified atom stereocenters. The molecule has 1 heterocycles. The van der Waals surface area contributed by atoms with E-state index in [1.54, 1.807) is 55.5 Å². The highest BCUT2D eigenvalue weighted by molar-refractivity contribution is 5.96. The largest absolute Gasteiger partial charge is 0.497 e. The molecule has 0 fully saturated rings. The predicted molar refractivity (Wildman–Crippen MR) is 149 cm³/mol. The smallest absolute Gasteiger partial charge is 0.254 e. The first-order chi connectivity index (χ1) is 18.9. The van der Waals surface area contributed by atoms with Crippen LogP contribution in [0.3, 0.4) is 0 Å². The summed E-state index contributed by atoms with van der Waals surface area (Å²) in [5.41, 5.74) is 2.94. The summed E-state index contributed by atoms with van der Waals surface area (Å²) in [5, 5.41) is 0.469. The van der Waals surface area contributed by atoms with E-state index in [1.165, 1.54) is 11.2 Å². The van der Waals surface area contributed by atoms with E-state index in [0.717, 1.165) is 11.1 Å². The molecule has 2 amide bonds. The summed E-state index contributed by atoms with van der Waals surface area (Å²) in [6.07, 6.45) is 1.41. The third-order valence-electron chi connectivity index (χ3n) is 6.45. The molecule has 0 spiro atoms. The van der Waals surface area contributed by atoms with Crippen LogP contribution in [0.25, 0.3) is 11.0 Å². The van der Waals surface area contributed by atoms with Gasteiger partial charge in [0.25, 0.3) is 5.91 Å². The van der Waals surface area contributed by atoms with Crippen LogP contribution < -0.4 is 10.2 Å². The molecule has 0 aliphatic carbocycles. The standard InChI is InChI=1S/C31H32N2O6/c1-22-9-14-28-27(17-22)30(35)25(21-39-28)19-33(18-23-7-5-4-6-8-23)29(34)20-32(15-16-37-2)31(36)24-10-12-26(38-3)13-11-24/h4-14,17,21H,15-16,18-20H2,1-3H3. The highest BCUT2D eigenvalue weighted by Gasteiger charge is 2.24. The van der Waals surface area contributed by atoms with E-state index in [-0.39, 0.29) is 50.0 Å². The van der Waals surface area contributed by atoms with Crippen LogP contribution in [0.1, 0.15) is 27.0 Å². The van der Waals surface area contributed by atoms with Crippen molar-refractivity contribution in [1.29, 1.82) is 0 Å². The summed E-state index contributed by atoms with van der Waals surface area (Å²) < 4.78 is 16.1. The van der Waals surface area contributed by atoms with Gasteiger partial charge in [0.1, 0.15) is 17.9 Å². The van der Waals surface area contributed by atoms with Gasteiger partial charge in [-0.05, 0) is 48.9 Å². The monoisotopic (exact) mass is 528 g/mol. The van der Waals surface area contributed by atoms with Crippen LogP contribution >= 0.6 is 0 Å². The number of aryl methyl sites for hydroxylation is 1. The summed E-state index contributed by atoms with van der Waals surface area (Å²) >= 11 is 0. The zero-order chi connectivity index (χ0) is 27.8. The molecule has 202 valence electrons. The highest BCUT2D eigenvalue weighted by atomic mass is 16.5. The number of amides is 2. The van der Waals surface area contributed by atoms with Crippen LogP contribution in [0.15, 0.2) is 88.3 Å². The minimum absolute atomic E-state index is 0.0365. The van der Waals surface area contributed by atoms with Crippen molar-refractivity contribution in [2.24, 2.45) is 0 Å². The number of carbonyl (C=O) groups excluding carboxylic acids is 2. The molecule has 8 nitrogen and oxygen atoms in total. The van der Waals surface area contributed by atoms with Gasteiger partial charge in [0.15, 0.2) is 5.43 Å². The Bertz CT molecular complexity index is 1480. The van der Waals surface area contributed by atoms with Gasteiger partial charge in [-0.25, -0.2) is 0 Å². The zero-order valence-electron chi connectivity index (χ0n) is 22.4. The first-order valence-corrected chi connectivity index (χ1v) is 12.6. The molecule has 0 N–H and O–H groups in total. The quantitative estimate of drug-likeness (QED) is 0.286. The van der Waals surface area contributed by atoms with Crippen LogP contribution in [-0.4, -0.2) is 55.5 Å². The van der Waals surface area contributed by atoms with E-state index < -0.39 is 0 Å². The van der Waals surface area contributed by atoms with Gasteiger partial charge in [-0.2, -0.15) is 0 Å². The van der Waals surface area contributed by atoms with Crippen LogP contribution in [-0.2, 0) is 22.6 Å². The van der Waals surface area contributed by atoms with Crippen LogP contribution in [0.4, 0.5) is 0 Å². The predicted octanol–water partition coefficient (Wildman–Crippen LogP) is 4.43. The van der Waals surface area contributed by atoms with Crippen molar-refractivity contribution in [3.63, 3.8) is 0 Å². The van der Waals surface area contributed by atoms with Gasteiger partial charge < -0.3 is 23.7 Å². The maximum absolute atomic E-state index is 13.7. The number of rotatable bonds is 11. The Morgan fingerprint density at radius 3 is 2.33 bits per heavy atom. The number of nitrogens with zero attached hydrogens (tertiary/aromatic N) is 2. The topological polar surface area (TPSA) is 89.3 Å². The van der Waals surface area contributed by atoms with Crippen molar-refractivity contribution >= 4 is 22.8 Å². The lowest BCUT2D eigenvalue weighted by Gasteiger charge is -2.28. The van der Waals surface area contributed by atoms with Crippen LogP contribution in [0.2, 0.25) is 0 Å². The lowest BCUT2D eigenvalue weighted by molar-refractivity contribution is -0.133. The fourth-order valence-electron chi connectivity index (χ4n) is 4.27. The lowest BCUT2D eigenvalue weighted by atomic mass is 10.1. The number of ether oxygens (including phenoxy) is 2. The van der Waals surface area contributed by atoms with Crippen molar-refractivity contribution in [1.82, 2.24) is 9.80 Å². The molecule has 0 saturated carbocycles. The van der Waals surface area contributed by atoms with Crippen LogP contribution in [0, 0.1) is 6.92 Å². The Kier molecular flexibility index (Phi) is 9.12. The number of carbonyl (C=O) groups is 2. The van der Waals surface area contributed by atoms with E-state index in [4.69, 9.17) is 13.9 Å². The second-order valence-electron chi connectivity index (χ2n) is 9.27. The molecule has 0 atom stereocenters. The number of fused-ring (bicyclic) bond motifs is 1. The van der Waals surface area contributed by atoms with Crippen molar-refractivity contribution < 1.29 is 23.5 Å². The molecule has 0 radical (unpaired) electrons. The minimum Gasteiger partial charge on any atom is -0.497 e. The number of methoxy groups -OCH3 is 2. The molecular formula is C31H32N2O6. The van der Waals surface area contributed by atoms with Gasteiger partial charge in [-0.1, -0.05) is 42.0 Å². The second-order valence-corrected chi connectivity index (χ2v) is 9.27. The third kappa shape index (κ3) is 6.91. The van der Waals surface area contributed by atoms with Crippen molar-refractivity contribution in [3.05, 3.63) is 112 Å². The van der Waals surface area contributed by atoms with Crippen molar-refractivity contribution in [2.45, 2.75) is 20.0 Å². The second kappa shape index (κ2) is 12.9. The van der Waals surface area contributed by atoms with E-state index in [9.17, 15) is 14.4 Å². The normalized spacial score (nSPS) is 10.8. The van der Waals surface area contributed by atoms with Crippen LogP contribution in [0.5, 0.6) is 5.75 Å². The first kappa shape index (κ1) is 27.6. The van der Waals surface area contributed by atoms with Gasteiger partial charge in [0.05, 0.1) is 37.5 Å². The van der Waals surface area contributed by atoms with Crippen molar-refractivity contribution in [3.8, 4) is 5.75 Å². The fraction of sp³-hybridized carbons (Fsp3) is 0.258. The average molecular weight is 529 g/mol. The Morgan fingerprint density at radius 1 is 0.897 bits per heavy atom. The fourth-order valence-corrected chi connectivity index (χ4v) is 4.27. The van der Waals surface area contributed by atoms with Gasteiger partial charge in [-0.3, -0.25) is 14.4 Å². The summed E-state index contributed by atoms with van der Waals surface area (Å²) in [5.74, 6) is 0.0217. The maximum atomic E-state index is 13.7. The summed E-state index contributed by atoms with van der Waals surface area (Å²) in [4.78, 5) is 43.4. The van der Waals surface area contributed by atoms with E-state index in [0.29, 0.717) is 27.8 Å². The third-order valence-corrected chi connectivity index (χ3v) is 6.45. The molecule has 4 rings (SSSR count). The molecule has 39 heavy (non-hydrogen) atoms. The van der Waals surface area contributed by atoms with E-state index >= 15 is 0 Å². The molecule has 0 bridgehead atoms. The molecule has 0 saturated heterocycles. The lowest BCUT2D eigenvalue weighted by Crippen LogP contribution is -2.44. The molecule has 0 aliphatic heterocycles. The number of benzene rings is 3. The van der Waals surface area contributed by atoms with Gasteiger partial charge >= 0.3 is 0 Å². The molecule has 1 aromatic heterocycles. The van der Waals surface area contributed by atoms with E-state index in [2.05, 4.69) is 0 Å². The van der Waals surface area contributed by atoms with Gasteiger partial charge in [-0.15, -0.1) is 0 Å². The average Bonchev–Trinajstić information content (AvgIpc) is 2.96. The Balaban J connectivity index is 1.62. The number of hydrogen-bond acceptors (Lipinski definition) is 6. The summed E-state index contributed by atoms with van der Waals surface area (Å²) in [6, 6.07) is 21.7. The summed E-state index contributed by atoms with van der Waals surface area (Å²) in [6.45, 7) is 2.52. The van der Waals surface area contributed by atoms with Gasteiger partial charge in [0.2, 0.25) is 5.91 Å². The van der Waals surface area contributed by atoms with Gasteiger partial charge in [0, 0.05) is 25.8 Å². The van der Waals surface area contributed by atoms with E-state index in [1.807, 2.05) is 43.3 Å². The summed E-state index contributed by atoms with van der Waals surface area (Å²) in [7, 11) is 3.10. The maximum Gasteiger partial charge on any atom is 0.254 e. The molecule has 3 aromatic carbocycles. The molecule has 8 heteroatoms. The SMILES string of the molecule is COCCN(CC(=O)N(Cc1ccccc1)Cc1coc2ccc(C)cc2c1=O)C(=O)c1ccc(OC)cc1. The zero-order valence-corrected chi connectivity index (χ0v) is 22.4. The minimum atomic E-state index is -0.305. The molecule has 4 aromatic rings.